The number of hydrogen-bond donors (Lipinski definition) is 7. The molecule has 1 unspecified atom stereocenters. The fourth-order valence-electron chi connectivity index (χ4n) is 2.51. The highest BCUT2D eigenvalue weighted by Crippen LogP contribution is 2.21. The number of aliphatic hydroxyl groups is 1. The van der Waals surface area contributed by atoms with E-state index in [1.165, 1.54) is 13.3 Å². The predicted octanol–water partition coefficient (Wildman–Crippen LogP) is -0.926. The molecule has 30 heavy (non-hydrogen) atoms. The van der Waals surface area contributed by atoms with Crippen LogP contribution in [-0.2, 0) is 16.0 Å². The first kappa shape index (κ1) is 22.8. The van der Waals surface area contributed by atoms with E-state index in [0.29, 0.717) is 6.42 Å². The van der Waals surface area contributed by atoms with Gasteiger partial charge in [-0.05, 0) is 13.3 Å². The molecule has 2 amide bonds. The maximum Gasteiger partial charge on any atom is 0.328 e. The third-order valence-corrected chi connectivity index (χ3v) is 4.05. The second-order valence-electron chi connectivity index (χ2n) is 6.53. The molecule has 0 saturated carbocycles. The number of urea groups is 1. The van der Waals surface area contributed by atoms with E-state index in [4.69, 9.17) is 20.4 Å². The fourth-order valence-corrected chi connectivity index (χ4v) is 2.51. The maximum atomic E-state index is 12.2. The summed E-state index contributed by atoms with van der Waals surface area (Å²) in [6.07, 6.45) is 1.60. The minimum atomic E-state index is -1.56. The molecule has 2 aromatic rings. The molecule has 0 spiro atoms. The van der Waals surface area contributed by atoms with Crippen molar-refractivity contribution in [3.63, 3.8) is 0 Å². The SMILES string of the molecule is CC(O)[C@H](NC(=O)N[C@@H](CCC(=O)O)c1nnc([C@@H](N)Cc2cnc[nH]2)o1)C(=O)O. The Morgan fingerprint density at radius 3 is 2.50 bits per heavy atom. The van der Waals surface area contributed by atoms with Crippen molar-refractivity contribution in [1.29, 1.82) is 0 Å². The first-order valence-corrected chi connectivity index (χ1v) is 8.93. The number of imidazole rings is 1. The number of amides is 2. The van der Waals surface area contributed by atoms with Gasteiger partial charge in [0, 0.05) is 24.7 Å². The van der Waals surface area contributed by atoms with E-state index in [2.05, 4.69) is 30.8 Å². The van der Waals surface area contributed by atoms with Gasteiger partial charge in [0.15, 0.2) is 6.04 Å². The van der Waals surface area contributed by atoms with Crippen molar-refractivity contribution in [1.82, 2.24) is 30.8 Å². The van der Waals surface area contributed by atoms with Crippen molar-refractivity contribution in [3.05, 3.63) is 30.0 Å². The zero-order valence-electron chi connectivity index (χ0n) is 16.0. The second-order valence-corrected chi connectivity index (χ2v) is 6.53. The van der Waals surface area contributed by atoms with E-state index in [1.807, 2.05) is 0 Å². The van der Waals surface area contributed by atoms with Crippen LogP contribution in [0.5, 0.6) is 0 Å². The van der Waals surface area contributed by atoms with Gasteiger partial charge in [-0.15, -0.1) is 10.2 Å². The van der Waals surface area contributed by atoms with Crippen molar-refractivity contribution < 1.29 is 34.1 Å². The quantitative estimate of drug-likeness (QED) is 0.232. The summed E-state index contributed by atoms with van der Waals surface area (Å²) in [5.41, 5.74) is 6.76. The molecule has 14 heteroatoms. The van der Waals surface area contributed by atoms with Crippen LogP contribution in [0, 0.1) is 0 Å². The van der Waals surface area contributed by atoms with E-state index in [-0.39, 0.29) is 24.6 Å². The summed E-state index contributed by atoms with van der Waals surface area (Å²) in [6.45, 7) is 1.20. The lowest BCUT2D eigenvalue weighted by molar-refractivity contribution is -0.141. The van der Waals surface area contributed by atoms with E-state index in [0.717, 1.165) is 5.69 Å². The van der Waals surface area contributed by atoms with Gasteiger partial charge in [-0.3, -0.25) is 4.79 Å². The number of aromatic nitrogens is 4. The van der Waals surface area contributed by atoms with Gasteiger partial charge in [0.25, 0.3) is 0 Å². The Labute approximate surface area is 169 Å². The Balaban J connectivity index is 2.10. The molecule has 2 rings (SSSR count). The molecule has 0 saturated heterocycles. The number of hydrogen-bond acceptors (Lipinski definition) is 9. The largest absolute Gasteiger partial charge is 0.481 e. The number of nitrogens with zero attached hydrogens (tertiary/aromatic N) is 3. The van der Waals surface area contributed by atoms with Crippen LogP contribution in [0.3, 0.4) is 0 Å². The van der Waals surface area contributed by atoms with Crippen molar-refractivity contribution in [2.45, 2.75) is 50.4 Å². The molecule has 0 aliphatic carbocycles. The number of carboxylic acids is 2. The average Bonchev–Trinajstić information content (AvgIpc) is 3.34. The van der Waals surface area contributed by atoms with Crippen LogP contribution >= 0.6 is 0 Å². The zero-order chi connectivity index (χ0) is 22.3. The number of aliphatic carboxylic acids is 2. The molecule has 0 fully saturated rings. The lowest BCUT2D eigenvalue weighted by Crippen LogP contribution is -2.51. The molecule has 2 heterocycles. The third kappa shape index (κ3) is 6.52. The number of aromatic amines is 1. The average molecular weight is 425 g/mol. The summed E-state index contributed by atoms with van der Waals surface area (Å²) in [5, 5.41) is 39.6. The van der Waals surface area contributed by atoms with Crippen molar-refractivity contribution in [3.8, 4) is 0 Å². The molecular formula is C16H23N7O7. The van der Waals surface area contributed by atoms with E-state index < -0.39 is 42.2 Å². The van der Waals surface area contributed by atoms with Crippen LogP contribution in [0.25, 0.3) is 0 Å². The maximum absolute atomic E-state index is 12.2. The smallest absolute Gasteiger partial charge is 0.328 e. The number of carbonyl (C=O) groups excluding carboxylic acids is 1. The number of aliphatic hydroxyl groups excluding tert-OH is 1. The number of rotatable bonds is 11. The Morgan fingerprint density at radius 1 is 1.23 bits per heavy atom. The molecular weight excluding hydrogens is 402 g/mol. The predicted molar refractivity (Wildman–Crippen MR) is 97.9 cm³/mol. The van der Waals surface area contributed by atoms with Crippen LogP contribution in [0.4, 0.5) is 4.79 Å². The molecule has 164 valence electrons. The van der Waals surface area contributed by atoms with Gasteiger partial charge in [-0.25, -0.2) is 14.6 Å². The molecule has 0 aliphatic heterocycles. The molecule has 0 radical (unpaired) electrons. The van der Waals surface area contributed by atoms with Crippen LogP contribution in [0.15, 0.2) is 16.9 Å². The lowest BCUT2D eigenvalue weighted by atomic mass is 10.1. The van der Waals surface area contributed by atoms with Gasteiger partial charge in [-0.2, -0.15) is 0 Å². The Hall–Kier alpha value is -3.52. The topological polar surface area (TPSA) is 230 Å². The van der Waals surface area contributed by atoms with E-state index in [1.54, 1.807) is 6.20 Å². The van der Waals surface area contributed by atoms with Gasteiger partial charge in [0.05, 0.1) is 18.5 Å². The molecule has 0 aliphatic rings. The highest BCUT2D eigenvalue weighted by atomic mass is 16.4. The summed E-state index contributed by atoms with van der Waals surface area (Å²) >= 11 is 0. The number of nitrogens with two attached hydrogens (primary N) is 1. The number of carboxylic acid groups (broad SMARTS) is 2. The van der Waals surface area contributed by atoms with Gasteiger partial charge < -0.3 is 41.1 Å². The lowest BCUT2D eigenvalue weighted by Gasteiger charge is -2.20. The summed E-state index contributed by atoms with van der Waals surface area (Å²) in [7, 11) is 0. The molecule has 2 aromatic heterocycles. The van der Waals surface area contributed by atoms with Crippen molar-refractivity contribution >= 4 is 18.0 Å². The monoisotopic (exact) mass is 425 g/mol. The summed E-state index contributed by atoms with van der Waals surface area (Å²) < 4.78 is 5.51. The molecule has 14 nitrogen and oxygen atoms in total. The number of nitrogens with one attached hydrogen (secondary N) is 3. The van der Waals surface area contributed by atoms with Crippen LogP contribution in [-0.4, -0.2) is 65.6 Å². The Kier molecular flexibility index (Phi) is 7.83. The molecule has 0 aromatic carbocycles. The first-order valence-electron chi connectivity index (χ1n) is 8.93. The van der Waals surface area contributed by atoms with Crippen molar-refractivity contribution in [2.75, 3.05) is 0 Å². The normalized spacial score (nSPS) is 15.0. The van der Waals surface area contributed by atoms with Crippen molar-refractivity contribution in [2.24, 2.45) is 5.73 Å². The van der Waals surface area contributed by atoms with Crippen LogP contribution in [0.1, 0.15) is 49.3 Å². The number of carbonyl (C=O) groups is 3. The van der Waals surface area contributed by atoms with Gasteiger partial charge in [-0.1, -0.05) is 0 Å². The van der Waals surface area contributed by atoms with Crippen LogP contribution in [0.2, 0.25) is 0 Å². The molecule has 8 N–H and O–H groups in total. The van der Waals surface area contributed by atoms with Gasteiger partial charge in [0.1, 0.15) is 6.04 Å². The van der Waals surface area contributed by atoms with Crippen LogP contribution < -0.4 is 16.4 Å². The second kappa shape index (κ2) is 10.3. The van der Waals surface area contributed by atoms with E-state index in [9.17, 15) is 19.5 Å². The highest BCUT2D eigenvalue weighted by Gasteiger charge is 2.28. The first-order chi connectivity index (χ1) is 14.2. The summed E-state index contributed by atoms with van der Waals surface area (Å²) in [5.74, 6) is -2.59. The molecule has 0 bridgehead atoms. The fraction of sp³-hybridized carbons (Fsp3) is 0.500. The molecule has 4 atom stereocenters. The summed E-state index contributed by atoms with van der Waals surface area (Å²) in [6, 6.07) is -4.22. The Bertz CT molecular complexity index is 852. The number of H-pyrrole nitrogens is 1. The van der Waals surface area contributed by atoms with Gasteiger partial charge in [0.2, 0.25) is 11.8 Å². The minimum Gasteiger partial charge on any atom is -0.481 e. The minimum absolute atomic E-state index is 0.0644. The van der Waals surface area contributed by atoms with Gasteiger partial charge >= 0.3 is 18.0 Å². The van der Waals surface area contributed by atoms with E-state index >= 15 is 0 Å². The third-order valence-electron chi connectivity index (χ3n) is 4.05. The zero-order valence-corrected chi connectivity index (χ0v) is 16.0. The summed E-state index contributed by atoms with van der Waals surface area (Å²) in [4.78, 5) is 41.0. The Morgan fingerprint density at radius 2 is 1.93 bits per heavy atom. The standard InChI is InChI=1S/C16H23N7O7/c1-7(24)12(15(27)28)21-16(29)20-10(2-3-11(25)26)14-23-22-13(30-14)9(17)4-8-5-18-6-19-8/h5-7,9-10,12,24H,2-4,17H2,1H3,(H,18,19)(H,25,26)(H,27,28)(H2,20,21,29)/t7?,9-,10-,12-/m0/s1. The highest BCUT2D eigenvalue weighted by molar-refractivity contribution is 5.83.